The molecule has 2 aliphatic rings. The third-order valence-corrected chi connectivity index (χ3v) is 4.08. The van der Waals surface area contributed by atoms with Crippen LogP contribution in [0.25, 0.3) is 0 Å². The Kier molecular flexibility index (Phi) is 2.28. The van der Waals surface area contributed by atoms with Crippen molar-refractivity contribution in [1.29, 1.82) is 0 Å². The molecule has 16 heavy (non-hydrogen) atoms. The average Bonchev–Trinajstić information content (AvgIpc) is 2.81. The number of hydrogen-bond donors (Lipinski definition) is 1. The van der Waals surface area contributed by atoms with Gasteiger partial charge in [-0.1, -0.05) is 0 Å². The van der Waals surface area contributed by atoms with Gasteiger partial charge in [-0.25, -0.2) is 0 Å². The number of rotatable bonds is 3. The van der Waals surface area contributed by atoms with Crippen molar-refractivity contribution in [2.24, 2.45) is 23.5 Å². The van der Waals surface area contributed by atoms with E-state index in [1.165, 1.54) is 18.8 Å². The summed E-state index contributed by atoms with van der Waals surface area (Å²) < 4.78 is 5.16. The molecule has 1 heterocycles. The quantitative estimate of drug-likeness (QED) is 0.832. The highest BCUT2D eigenvalue weighted by Crippen LogP contribution is 2.51. The summed E-state index contributed by atoms with van der Waals surface area (Å²) in [4.78, 5) is 2.46. The van der Waals surface area contributed by atoms with Crippen LogP contribution < -0.4 is 15.4 Å². The Balaban J connectivity index is 1.67. The lowest BCUT2D eigenvalue weighted by molar-refractivity contribution is 0.415. The van der Waals surface area contributed by atoms with Gasteiger partial charge in [0, 0.05) is 18.8 Å². The average molecular weight is 218 g/mol. The van der Waals surface area contributed by atoms with Crippen LogP contribution in [0, 0.1) is 17.8 Å². The lowest BCUT2D eigenvalue weighted by Gasteiger charge is -2.21. The molecule has 3 nitrogen and oxygen atoms in total. The Morgan fingerprint density at radius 2 is 1.88 bits per heavy atom. The summed E-state index contributed by atoms with van der Waals surface area (Å²) in [6, 6.07) is 8.33. The van der Waals surface area contributed by atoms with E-state index in [0.29, 0.717) is 0 Å². The molecular formula is C13H18N2O. The maximum atomic E-state index is 5.71. The topological polar surface area (TPSA) is 38.5 Å². The zero-order valence-electron chi connectivity index (χ0n) is 9.60. The van der Waals surface area contributed by atoms with Gasteiger partial charge in [0.15, 0.2) is 0 Å². The number of nitrogens with two attached hydrogens (primary N) is 1. The van der Waals surface area contributed by atoms with E-state index in [1.807, 2.05) is 12.1 Å². The Bertz CT molecular complexity index is 364. The number of hydrogen-bond acceptors (Lipinski definition) is 3. The number of benzene rings is 1. The lowest BCUT2D eigenvalue weighted by Crippen LogP contribution is -2.25. The molecule has 0 aromatic heterocycles. The minimum Gasteiger partial charge on any atom is -0.497 e. The molecule has 0 bridgehead atoms. The van der Waals surface area contributed by atoms with E-state index in [0.717, 1.165) is 30.0 Å². The lowest BCUT2D eigenvalue weighted by atomic mass is 10.2. The molecule has 2 atom stereocenters. The van der Waals surface area contributed by atoms with E-state index < -0.39 is 0 Å². The number of methoxy groups -OCH3 is 1. The van der Waals surface area contributed by atoms with Gasteiger partial charge >= 0.3 is 0 Å². The Morgan fingerprint density at radius 3 is 2.38 bits per heavy atom. The van der Waals surface area contributed by atoms with Gasteiger partial charge in [-0.2, -0.15) is 0 Å². The van der Waals surface area contributed by atoms with Crippen LogP contribution in [-0.4, -0.2) is 26.7 Å². The number of fused-ring (bicyclic) bond motifs is 1. The van der Waals surface area contributed by atoms with Gasteiger partial charge in [-0.05, 0) is 48.6 Å². The highest BCUT2D eigenvalue weighted by molar-refractivity contribution is 5.51. The molecule has 1 aliphatic heterocycles. The summed E-state index contributed by atoms with van der Waals surface area (Å²) in [6.07, 6.45) is 0. The van der Waals surface area contributed by atoms with Crippen LogP contribution in [-0.2, 0) is 0 Å². The highest BCUT2D eigenvalue weighted by atomic mass is 16.5. The molecule has 3 rings (SSSR count). The molecule has 2 N–H and O–H groups in total. The van der Waals surface area contributed by atoms with Crippen molar-refractivity contribution < 1.29 is 4.74 Å². The van der Waals surface area contributed by atoms with Crippen molar-refractivity contribution in [2.75, 3.05) is 31.6 Å². The first kappa shape index (κ1) is 9.97. The third kappa shape index (κ3) is 1.47. The van der Waals surface area contributed by atoms with E-state index >= 15 is 0 Å². The Hall–Kier alpha value is -1.22. The van der Waals surface area contributed by atoms with Crippen LogP contribution in [0.4, 0.5) is 5.69 Å². The second-order valence-corrected chi connectivity index (χ2v) is 4.83. The summed E-state index contributed by atoms with van der Waals surface area (Å²) in [7, 11) is 1.70. The zero-order valence-corrected chi connectivity index (χ0v) is 9.60. The van der Waals surface area contributed by atoms with E-state index in [1.54, 1.807) is 7.11 Å². The SMILES string of the molecule is COc1ccc(N2CC3C(CN)C3C2)cc1. The Morgan fingerprint density at radius 1 is 1.25 bits per heavy atom. The molecule has 0 spiro atoms. The molecule has 2 fully saturated rings. The number of nitrogens with zero attached hydrogens (tertiary/aromatic N) is 1. The maximum Gasteiger partial charge on any atom is 0.119 e. The summed E-state index contributed by atoms with van der Waals surface area (Å²) in [5.41, 5.74) is 7.02. The van der Waals surface area contributed by atoms with Gasteiger partial charge < -0.3 is 15.4 Å². The molecule has 2 unspecified atom stereocenters. The van der Waals surface area contributed by atoms with Gasteiger partial charge in [0.1, 0.15) is 5.75 Å². The first-order valence-corrected chi connectivity index (χ1v) is 5.92. The molecule has 1 aromatic rings. The van der Waals surface area contributed by atoms with E-state index in [9.17, 15) is 0 Å². The molecule has 1 saturated heterocycles. The maximum absolute atomic E-state index is 5.71. The molecule has 86 valence electrons. The normalized spacial score (nSPS) is 31.4. The van der Waals surface area contributed by atoms with Crippen molar-refractivity contribution >= 4 is 5.69 Å². The van der Waals surface area contributed by atoms with Crippen molar-refractivity contribution in [3.63, 3.8) is 0 Å². The van der Waals surface area contributed by atoms with E-state index in [4.69, 9.17) is 10.5 Å². The second kappa shape index (κ2) is 3.67. The number of ether oxygens (including phenoxy) is 1. The Labute approximate surface area is 96.2 Å². The molecular weight excluding hydrogens is 200 g/mol. The monoisotopic (exact) mass is 218 g/mol. The van der Waals surface area contributed by atoms with Gasteiger partial charge in [-0.3, -0.25) is 0 Å². The first-order valence-electron chi connectivity index (χ1n) is 5.92. The van der Waals surface area contributed by atoms with E-state index in [-0.39, 0.29) is 0 Å². The van der Waals surface area contributed by atoms with E-state index in [2.05, 4.69) is 17.0 Å². The van der Waals surface area contributed by atoms with Crippen LogP contribution in [0.15, 0.2) is 24.3 Å². The zero-order chi connectivity index (χ0) is 11.1. The summed E-state index contributed by atoms with van der Waals surface area (Å²) in [6.45, 7) is 3.23. The van der Waals surface area contributed by atoms with Gasteiger partial charge in [0.25, 0.3) is 0 Å². The van der Waals surface area contributed by atoms with Crippen molar-refractivity contribution in [2.45, 2.75) is 0 Å². The van der Waals surface area contributed by atoms with Crippen molar-refractivity contribution in [1.82, 2.24) is 0 Å². The molecule has 1 aromatic carbocycles. The highest BCUT2D eigenvalue weighted by Gasteiger charge is 2.54. The second-order valence-electron chi connectivity index (χ2n) is 4.83. The van der Waals surface area contributed by atoms with Crippen LogP contribution >= 0.6 is 0 Å². The minimum absolute atomic E-state index is 0.800. The van der Waals surface area contributed by atoms with Gasteiger partial charge in [0.2, 0.25) is 0 Å². The fourth-order valence-electron chi connectivity index (χ4n) is 3.00. The molecule has 1 saturated carbocycles. The van der Waals surface area contributed by atoms with Crippen LogP contribution in [0.3, 0.4) is 0 Å². The van der Waals surface area contributed by atoms with Gasteiger partial charge in [0.05, 0.1) is 7.11 Å². The van der Waals surface area contributed by atoms with Crippen LogP contribution in [0.2, 0.25) is 0 Å². The minimum atomic E-state index is 0.800. The number of piperidine rings is 1. The molecule has 1 aliphatic carbocycles. The predicted molar refractivity (Wildman–Crippen MR) is 64.7 cm³/mol. The van der Waals surface area contributed by atoms with Crippen molar-refractivity contribution in [3.05, 3.63) is 24.3 Å². The van der Waals surface area contributed by atoms with Crippen LogP contribution in [0.5, 0.6) is 5.75 Å². The van der Waals surface area contributed by atoms with Crippen molar-refractivity contribution in [3.8, 4) is 5.75 Å². The molecule has 0 radical (unpaired) electrons. The summed E-state index contributed by atoms with van der Waals surface area (Å²) in [5, 5.41) is 0. The largest absolute Gasteiger partial charge is 0.497 e. The molecule has 3 heteroatoms. The summed E-state index contributed by atoms with van der Waals surface area (Å²) >= 11 is 0. The third-order valence-electron chi connectivity index (χ3n) is 4.08. The fraction of sp³-hybridized carbons (Fsp3) is 0.538. The smallest absolute Gasteiger partial charge is 0.119 e. The first-order chi connectivity index (χ1) is 7.83. The van der Waals surface area contributed by atoms with Crippen LogP contribution in [0.1, 0.15) is 0 Å². The fourth-order valence-corrected chi connectivity index (χ4v) is 3.00. The summed E-state index contributed by atoms with van der Waals surface area (Å²) in [5.74, 6) is 3.43. The number of anilines is 1. The van der Waals surface area contributed by atoms with Gasteiger partial charge in [-0.15, -0.1) is 0 Å². The molecule has 0 amide bonds. The predicted octanol–water partition coefficient (Wildman–Crippen LogP) is 1.34. The standard InChI is InChI=1S/C13H18N2O/c1-16-10-4-2-9(3-5-10)15-7-12-11(6-14)13(12)8-15/h2-5,11-13H,6-8,14H2,1H3.